The van der Waals surface area contributed by atoms with Gasteiger partial charge in [0.25, 0.3) is 5.91 Å². The van der Waals surface area contributed by atoms with Crippen molar-refractivity contribution in [3.05, 3.63) is 29.6 Å². The number of rotatable bonds is 2. The third kappa shape index (κ3) is 2.86. The number of carbonyl (C=O) groups excluding carboxylic acids is 2. The number of benzene rings is 1. The largest absolute Gasteiger partial charge is 0.508 e. The Balaban J connectivity index is 1.32. The molecule has 2 heterocycles. The van der Waals surface area contributed by atoms with Gasteiger partial charge in [0.15, 0.2) is 0 Å². The number of halogens is 1. The van der Waals surface area contributed by atoms with Gasteiger partial charge in [0.2, 0.25) is 5.91 Å². The Hall–Kier alpha value is -2.15. The van der Waals surface area contributed by atoms with Gasteiger partial charge in [-0.25, -0.2) is 4.39 Å². The summed E-state index contributed by atoms with van der Waals surface area (Å²) in [5.41, 5.74) is -0.0922. The molecule has 7 heteroatoms. The quantitative estimate of drug-likeness (QED) is 0.873. The molecule has 1 aliphatic carbocycles. The molecule has 3 aliphatic rings. The van der Waals surface area contributed by atoms with E-state index in [1.165, 1.54) is 6.07 Å². The van der Waals surface area contributed by atoms with Crippen molar-refractivity contribution in [1.82, 2.24) is 9.80 Å². The predicted octanol–water partition coefficient (Wildman–Crippen LogP) is 1.24. The number of hydrogen-bond donors (Lipinski definition) is 1. The Morgan fingerprint density at radius 3 is 2.52 bits per heavy atom. The van der Waals surface area contributed by atoms with Crippen LogP contribution >= 0.6 is 0 Å². The minimum atomic E-state index is -0.627. The highest BCUT2D eigenvalue weighted by Crippen LogP contribution is 2.52. The average Bonchev–Trinajstić information content (AvgIpc) is 2.55. The first kappa shape index (κ1) is 16.3. The lowest BCUT2D eigenvalue weighted by molar-refractivity contribution is -0.154. The van der Waals surface area contributed by atoms with Crippen LogP contribution in [-0.4, -0.2) is 66.1 Å². The molecule has 1 saturated carbocycles. The number of amides is 2. The van der Waals surface area contributed by atoms with E-state index >= 15 is 0 Å². The molecule has 6 nitrogen and oxygen atoms in total. The summed E-state index contributed by atoms with van der Waals surface area (Å²) in [6.07, 6.45) is 1.57. The number of aromatic hydroxyl groups is 1. The number of phenols is 1. The molecule has 0 radical (unpaired) electrons. The van der Waals surface area contributed by atoms with Crippen LogP contribution in [0.15, 0.2) is 18.2 Å². The molecule has 0 atom stereocenters. The van der Waals surface area contributed by atoms with Gasteiger partial charge >= 0.3 is 0 Å². The summed E-state index contributed by atoms with van der Waals surface area (Å²) in [5.74, 6) is -0.926. The normalized spacial score (nSPS) is 22.4. The maximum atomic E-state index is 13.8. The molecule has 1 spiro atoms. The van der Waals surface area contributed by atoms with Gasteiger partial charge in [-0.2, -0.15) is 0 Å². The fourth-order valence-corrected chi connectivity index (χ4v) is 4.21. The first-order chi connectivity index (χ1) is 12.0. The zero-order valence-electron chi connectivity index (χ0n) is 13.9. The van der Waals surface area contributed by atoms with Crippen molar-refractivity contribution in [2.75, 3.05) is 39.4 Å². The Labute approximate surface area is 145 Å². The van der Waals surface area contributed by atoms with Gasteiger partial charge in [-0.15, -0.1) is 0 Å². The smallest absolute Gasteiger partial charge is 0.257 e. The van der Waals surface area contributed by atoms with E-state index < -0.39 is 11.7 Å². The average molecular weight is 348 g/mol. The summed E-state index contributed by atoms with van der Waals surface area (Å²) in [7, 11) is 0. The Bertz CT molecular complexity index is 703. The Morgan fingerprint density at radius 1 is 1.16 bits per heavy atom. The molecule has 0 aromatic heterocycles. The first-order valence-electron chi connectivity index (χ1n) is 8.62. The number of nitrogens with zero attached hydrogens (tertiary/aromatic N) is 2. The van der Waals surface area contributed by atoms with Crippen molar-refractivity contribution >= 4 is 11.8 Å². The van der Waals surface area contributed by atoms with Crippen LogP contribution in [0.2, 0.25) is 0 Å². The van der Waals surface area contributed by atoms with E-state index in [1.807, 2.05) is 4.90 Å². The van der Waals surface area contributed by atoms with Crippen LogP contribution in [-0.2, 0) is 9.53 Å². The maximum Gasteiger partial charge on any atom is 0.257 e. The molecule has 25 heavy (non-hydrogen) atoms. The van der Waals surface area contributed by atoms with Gasteiger partial charge in [0.1, 0.15) is 11.6 Å². The summed E-state index contributed by atoms with van der Waals surface area (Å²) in [5, 5.41) is 9.45. The lowest BCUT2D eigenvalue weighted by Crippen LogP contribution is -2.65. The molecule has 2 saturated heterocycles. The van der Waals surface area contributed by atoms with E-state index in [1.54, 1.807) is 4.90 Å². The molecule has 3 fully saturated rings. The minimum Gasteiger partial charge on any atom is -0.508 e. The summed E-state index contributed by atoms with van der Waals surface area (Å²) >= 11 is 0. The fraction of sp³-hybridized carbons (Fsp3) is 0.556. The van der Waals surface area contributed by atoms with Crippen LogP contribution in [0.3, 0.4) is 0 Å². The van der Waals surface area contributed by atoms with Crippen LogP contribution in [0.5, 0.6) is 5.75 Å². The fourth-order valence-electron chi connectivity index (χ4n) is 4.21. The summed E-state index contributed by atoms with van der Waals surface area (Å²) in [6.45, 7) is 3.61. The second-order valence-corrected chi connectivity index (χ2v) is 7.37. The predicted molar refractivity (Wildman–Crippen MR) is 86.5 cm³/mol. The number of phenolic OH excluding ortho intramolecular Hbond substituents is 1. The molecule has 0 unspecified atom stereocenters. The minimum absolute atomic E-state index is 0.00950. The summed E-state index contributed by atoms with van der Waals surface area (Å²) in [6, 6.07) is 3.48. The molecule has 2 amide bonds. The van der Waals surface area contributed by atoms with Gasteiger partial charge in [0.05, 0.1) is 18.8 Å². The Morgan fingerprint density at radius 2 is 1.84 bits per heavy atom. The van der Waals surface area contributed by atoms with Crippen molar-refractivity contribution in [3.63, 3.8) is 0 Å². The molecule has 0 bridgehead atoms. The van der Waals surface area contributed by atoms with Crippen molar-refractivity contribution in [2.45, 2.75) is 12.8 Å². The van der Waals surface area contributed by atoms with Gasteiger partial charge in [-0.05, 0) is 31.0 Å². The zero-order valence-corrected chi connectivity index (χ0v) is 13.9. The monoisotopic (exact) mass is 348 g/mol. The number of hydrogen-bond acceptors (Lipinski definition) is 4. The van der Waals surface area contributed by atoms with Gasteiger partial charge < -0.3 is 19.6 Å². The van der Waals surface area contributed by atoms with E-state index in [2.05, 4.69) is 0 Å². The van der Waals surface area contributed by atoms with Crippen molar-refractivity contribution in [1.29, 1.82) is 0 Å². The lowest BCUT2D eigenvalue weighted by atomic mass is 9.57. The third-order valence-corrected chi connectivity index (χ3v) is 5.55. The second kappa shape index (κ2) is 5.98. The van der Waals surface area contributed by atoms with Crippen molar-refractivity contribution < 1.29 is 23.8 Å². The van der Waals surface area contributed by atoms with Gasteiger partial charge in [-0.3, -0.25) is 9.59 Å². The lowest BCUT2D eigenvalue weighted by Gasteiger charge is -2.59. The van der Waals surface area contributed by atoms with E-state index in [-0.39, 0.29) is 28.6 Å². The van der Waals surface area contributed by atoms with Crippen LogP contribution in [0.25, 0.3) is 0 Å². The molecule has 1 aromatic carbocycles. The number of morpholine rings is 1. The second-order valence-electron chi connectivity index (χ2n) is 7.37. The molecule has 134 valence electrons. The number of carbonyl (C=O) groups is 2. The molecule has 1 N–H and O–H groups in total. The molecular weight excluding hydrogens is 327 g/mol. The van der Waals surface area contributed by atoms with E-state index in [0.717, 1.165) is 25.0 Å². The Kier molecular flexibility index (Phi) is 3.91. The van der Waals surface area contributed by atoms with Crippen molar-refractivity contribution in [2.24, 2.45) is 11.3 Å². The zero-order chi connectivity index (χ0) is 17.6. The van der Waals surface area contributed by atoms with Crippen LogP contribution in [0.4, 0.5) is 4.39 Å². The summed E-state index contributed by atoms with van der Waals surface area (Å²) in [4.78, 5) is 28.3. The topological polar surface area (TPSA) is 70.1 Å². The number of ether oxygens (including phenoxy) is 1. The SMILES string of the molecule is O=C(c1cc(O)ccc1F)N1CC2(CC(C(=O)N3CCOCC3)C2)C1. The highest BCUT2D eigenvalue weighted by molar-refractivity contribution is 5.95. The van der Waals surface area contributed by atoms with Crippen LogP contribution in [0.1, 0.15) is 23.2 Å². The van der Waals surface area contributed by atoms with Crippen LogP contribution in [0, 0.1) is 17.2 Å². The van der Waals surface area contributed by atoms with Crippen LogP contribution < -0.4 is 0 Å². The van der Waals surface area contributed by atoms with E-state index in [0.29, 0.717) is 39.4 Å². The van der Waals surface area contributed by atoms with E-state index in [4.69, 9.17) is 4.74 Å². The van der Waals surface area contributed by atoms with E-state index in [9.17, 15) is 19.1 Å². The molecule has 2 aliphatic heterocycles. The first-order valence-corrected chi connectivity index (χ1v) is 8.62. The highest BCUT2D eigenvalue weighted by atomic mass is 19.1. The molecule has 4 rings (SSSR count). The standard InChI is InChI=1S/C18H21FN2O4/c19-15-2-1-13(22)7-14(15)17(24)21-10-18(11-21)8-12(9-18)16(23)20-3-5-25-6-4-20/h1-2,7,12,22H,3-6,8-11H2. The maximum absolute atomic E-state index is 13.8. The van der Waals surface area contributed by atoms with Gasteiger partial charge in [-0.1, -0.05) is 0 Å². The molecule has 1 aromatic rings. The molecular formula is C18H21FN2O4. The van der Waals surface area contributed by atoms with Gasteiger partial charge in [0, 0.05) is 37.5 Å². The van der Waals surface area contributed by atoms with Crippen molar-refractivity contribution in [3.8, 4) is 5.75 Å². The number of likely N-dealkylation sites (tertiary alicyclic amines) is 1. The third-order valence-electron chi connectivity index (χ3n) is 5.55. The highest BCUT2D eigenvalue weighted by Gasteiger charge is 2.56. The summed E-state index contributed by atoms with van der Waals surface area (Å²) < 4.78 is 19.1.